The number of hydrogen-bond donors (Lipinski definition) is 0. The first kappa shape index (κ1) is 9.22. The Kier molecular flexibility index (Phi) is 2.83. The minimum Gasteiger partial charge on any atom is -0.293 e. The zero-order valence-corrected chi connectivity index (χ0v) is 7.69. The van der Waals surface area contributed by atoms with Crippen LogP contribution in [-0.4, -0.2) is 9.74 Å². The van der Waals surface area contributed by atoms with Crippen molar-refractivity contribution in [2.45, 2.75) is 6.54 Å². The lowest BCUT2D eigenvalue weighted by Gasteiger charge is -1.93. The van der Waals surface area contributed by atoms with E-state index in [1.807, 2.05) is 0 Å². The van der Waals surface area contributed by atoms with Crippen LogP contribution in [0.25, 0.3) is 0 Å². The van der Waals surface area contributed by atoms with Crippen LogP contribution < -0.4 is 5.56 Å². The van der Waals surface area contributed by atoms with Crippen molar-refractivity contribution in [2.75, 3.05) is 0 Å². The number of nitrogens with zero attached hydrogens (tertiary/aromatic N) is 1. The standard InChI is InChI=1S/C7H6ClNO2S/c1-2-5(10)4-9-7(11)3-6(8)12-9/h2-3H,1,4H2. The molecule has 0 fully saturated rings. The average Bonchev–Trinajstić information content (AvgIpc) is 2.30. The summed E-state index contributed by atoms with van der Waals surface area (Å²) in [7, 11) is 0. The van der Waals surface area contributed by atoms with Gasteiger partial charge in [0.25, 0.3) is 5.56 Å². The summed E-state index contributed by atoms with van der Waals surface area (Å²) in [5.74, 6) is -0.199. The van der Waals surface area contributed by atoms with Gasteiger partial charge in [-0.2, -0.15) is 0 Å². The third-order valence-electron chi connectivity index (χ3n) is 1.21. The van der Waals surface area contributed by atoms with E-state index in [4.69, 9.17) is 11.6 Å². The van der Waals surface area contributed by atoms with E-state index in [9.17, 15) is 9.59 Å². The molecule has 1 heterocycles. The largest absolute Gasteiger partial charge is 0.293 e. The lowest BCUT2D eigenvalue weighted by molar-refractivity contribution is -0.115. The van der Waals surface area contributed by atoms with Gasteiger partial charge in [-0.15, -0.1) is 0 Å². The molecule has 0 aliphatic carbocycles. The number of allylic oxidation sites excluding steroid dienone is 1. The second-order valence-corrected chi connectivity index (χ2v) is 3.78. The van der Waals surface area contributed by atoms with E-state index in [0.717, 1.165) is 11.5 Å². The second-order valence-electron chi connectivity index (χ2n) is 2.09. The van der Waals surface area contributed by atoms with Crippen LogP contribution >= 0.6 is 23.1 Å². The van der Waals surface area contributed by atoms with E-state index in [0.29, 0.717) is 4.34 Å². The summed E-state index contributed by atoms with van der Waals surface area (Å²) in [5, 5.41) is 0. The molecular weight excluding hydrogens is 198 g/mol. The Balaban J connectivity index is 2.89. The maximum Gasteiger partial charge on any atom is 0.262 e. The molecule has 0 saturated heterocycles. The molecule has 0 spiro atoms. The van der Waals surface area contributed by atoms with E-state index < -0.39 is 0 Å². The Morgan fingerprint density at radius 2 is 2.50 bits per heavy atom. The second kappa shape index (κ2) is 3.69. The van der Waals surface area contributed by atoms with Gasteiger partial charge in [0.15, 0.2) is 5.78 Å². The van der Waals surface area contributed by atoms with E-state index in [1.165, 1.54) is 16.1 Å². The van der Waals surface area contributed by atoms with Gasteiger partial charge >= 0.3 is 0 Å². The summed E-state index contributed by atoms with van der Waals surface area (Å²) in [5.41, 5.74) is -0.250. The number of carbonyl (C=O) groups excluding carboxylic acids is 1. The zero-order chi connectivity index (χ0) is 9.14. The van der Waals surface area contributed by atoms with Gasteiger partial charge in [-0.1, -0.05) is 18.2 Å². The Morgan fingerprint density at radius 3 is 2.92 bits per heavy atom. The summed E-state index contributed by atoms with van der Waals surface area (Å²) in [6.07, 6.45) is 1.18. The van der Waals surface area contributed by atoms with Crippen molar-refractivity contribution in [3.05, 3.63) is 33.4 Å². The third-order valence-corrected chi connectivity index (χ3v) is 2.35. The molecule has 0 radical (unpaired) electrons. The van der Waals surface area contributed by atoms with Crippen molar-refractivity contribution in [3.8, 4) is 0 Å². The Labute approximate surface area is 78.0 Å². The van der Waals surface area contributed by atoms with Crippen molar-refractivity contribution < 1.29 is 4.79 Å². The molecule has 0 aromatic carbocycles. The molecule has 1 rings (SSSR count). The Hall–Kier alpha value is -0.870. The fourth-order valence-electron chi connectivity index (χ4n) is 0.662. The SMILES string of the molecule is C=CC(=O)Cn1sc(Cl)cc1=O. The fourth-order valence-corrected chi connectivity index (χ4v) is 1.70. The molecule has 64 valence electrons. The van der Waals surface area contributed by atoms with Crippen LogP contribution in [0.15, 0.2) is 23.5 Å². The minimum atomic E-state index is -0.250. The fraction of sp³-hybridized carbons (Fsp3) is 0.143. The number of ketones is 1. The topological polar surface area (TPSA) is 39.1 Å². The van der Waals surface area contributed by atoms with Gasteiger partial charge in [-0.3, -0.25) is 13.5 Å². The summed E-state index contributed by atoms with van der Waals surface area (Å²) < 4.78 is 1.67. The first-order valence-corrected chi connectivity index (χ1v) is 4.30. The van der Waals surface area contributed by atoms with Crippen LogP contribution in [0.1, 0.15) is 0 Å². The predicted octanol–water partition coefficient (Wildman–Crippen LogP) is 1.32. The number of halogens is 1. The van der Waals surface area contributed by atoms with Gasteiger partial charge in [0.05, 0.1) is 6.54 Å². The zero-order valence-electron chi connectivity index (χ0n) is 6.12. The molecule has 1 aromatic rings. The molecule has 0 atom stereocenters. The Bertz CT molecular complexity index is 366. The highest BCUT2D eigenvalue weighted by molar-refractivity contribution is 7.11. The van der Waals surface area contributed by atoms with E-state index in [1.54, 1.807) is 0 Å². The number of carbonyl (C=O) groups is 1. The smallest absolute Gasteiger partial charge is 0.262 e. The first-order chi connectivity index (χ1) is 5.63. The molecule has 3 nitrogen and oxygen atoms in total. The first-order valence-electron chi connectivity index (χ1n) is 3.15. The summed E-state index contributed by atoms with van der Waals surface area (Å²) >= 11 is 6.61. The maximum absolute atomic E-state index is 11.0. The molecule has 0 bridgehead atoms. The lowest BCUT2D eigenvalue weighted by Crippen LogP contribution is -2.16. The van der Waals surface area contributed by atoms with Crippen LogP contribution in [0.2, 0.25) is 4.34 Å². The highest BCUT2D eigenvalue weighted by Gasteiger charge is 2.04. The number of rotatable bonds is 3. The minimum absolute atomic E-state index is 0.0275. The van der Waals surface area contributed by atoms with Gasteiger partial charge in [0.1, 0.15) is 4.34 Å². The Morgan fingerprint density at radius 1 is 1.83 bits per heavy atom. The molecule has 0 aliphatic heterocycles. The van der Waals surface area contributed by atoms with Crippen LogP contribution in [0, 0.1) is 0 Å². The number of aromatic nitrogens is 1. The van der Waals surface area contributed by atoms with Gasteiger partial charge in [0.2, 0.25) is 0 Å². The van der Waals surface area contributed by atoms with Gasteiger partial charge in [-0.05, 0) is 17.6 Å². The third kappa shape index (κ3) is 2.06. The highest BCUT2D eigenvalue weighted by atomic mass is 35.5. The van der Waals surface area contributed by atoms with Crippen molar-refractivity contribution in [1.29, 1.82) is 0 Å². The quantitative estimate of drug-likeness (QED) is 0.695. The molecule has 0 N–H and O–H groups in total. The van der Waals surface area contributed by atoms with Crippen molar-refractivity contribution in [1.82, 2.24) is 3.96 Å². The summed E-state index contributed by atoms with van der Waals surface area (Å²) in [6, 6.07) is 1.28. The lowest BCUT2D eigenvalue weighted by atomic mass is 10.4. The van der Waals surface area contributed by atoms with Crippen molar-refractivity contribution in [3.63, 3.8) is 0 Å². The normalized spacial score (nSPS) is 9.75. The molecule has 1 aromatic heterocycles. The molecule has 12 heavy (non-hydrogen) atoms. The van der Waals surface area contributed by atoms with E-state index in [2.05, 4.69) is 6.58 Å². The van der Waals surface area contributed by atoms with E-state index >= 15 is 0 Å². The summed E-state index contributed by atoms with van der Waals surface area (Å²) in [6.45, 7) is 3.33. The van der Waals surface area contributed by atoms with Crippen molar-refractivity contribution >= 4 is 28.9 Å². The van der Waals surface area contributed by atoms with Crippen molar-refractivity contribution in [2.24, 2.45) is 0 Å². The number of hydrogen-bond acceptors (Lipinski definition) is 3. The summed E-state index contributed by atoms with van der Waals surface area (Å²) in [4.78, 5) is 21.8. The van der Waals surface area contributed by atoms with Gasteiger partial charge in [-0.25, -0.2) is 0 Å². The van der Waals surface area contributed by atoms with E-state index in [-0.39, 0.29) is 17.9 Å². The van der Waals surface area contributed by atoms with Crippen LogP contribution in [0.3, 0.4) is 0 Å². The monoisotopic (exact) mass is 203 g/mol. The van der Waals surface area contributed by atoms with Crippen LogP contribution in [0.5, 0.6) is 0 Å². The van der Waals surface area contributed by atoms with Gasteiger partial charge in [0, 0.05) is 6.07 Å². The molecule has 5 heteroatoms. The molecule has 0 aliphatic rings. The average molecular weight is 204 g/mol. The van der Waals surface area contributed by atoms with Crippen LogP contribution in [0.4, 0.5) is 0 Å². The highest BCUT2D eigenvalue weighted by Crippen LogP contribution is 2.11. The predicted molar refractivity (Wildman–Crippen MR) is 48.8 cm³/mol. The molecule has 0 amide bonds. The van der Waals surface area contributed by atoms with Gasteiger partial charge < -0.3 is 0 Å². The molecular formula is C7H6ClNO2S. The molecule has 0 saturated carbocycles. The van der Waals surface area contributed by atoms with Crippen LogP contribution in [-0.2, 0) is 11.3 Å². The maximum atomic E-state index is 11.0. The molecule has 0 unspecified atom stereocenters.